The van der Waals surface area contributed by atoms with E-state index in [4.69, 9.17) is 10.5 Å². The van der Waals surface area contributed by atoms with Crippen molar-refractivity contribution < 1.29 is 4.74 Å². The maximum absolute atomic E-state index is 5.97. The monoisotopic (exact) mass is 249 g/mol. The molecule has 1 unspecified atom stereocenters. The Hall–Kier alpha value is -1.13. The van der Waals surface area contributed by atoms with E-state index in [1.165, 1.54) is 5.69 Å². The Morgan fingerprint density at radius 1 is 1.44 bits per heavy atom. The SMILES string of the molecule is CCC(N)c1ccc(N2CCC(OC)CC2)cn1. The van der Waals surface area contributed by atoms with E-state index in [0.29, 0.717) is 6.10 Å². The molecule has 0 aliphatic carbocycles. The summed E-state index contributed by atoms with van der Waals surface area (Å²) in [5, 5.41) is 0. The average Bonchev–Trinajstić information content (AvgIpc) is 2.47. The van der Waals surface area contributed by atoms with Crippen LogP contribution in [0.3, 0.4) is 0 Å². The maximum Gasteiger partial charge on any atom is 0.0605 e. The normalized spacial score (nSPS) is 18.9. The van der Waals surface area contributed by atoms with Crippen molar-refractivity contribution in [1.29, 1.82) is 0 Å². The second-order valence-electron chi connectivity index (χ2n) is 4.88. The number of aromatic nitrogens is 1. The second kappa shape index (κ2) is 6.16. The van der Waals surface area contributed by atoms with Crippen molar-refractivity contribution in [1.82, 2.24) is 4.98 Å². The Kier molecular flexibility index (Phi) is 4.55. The van der Waals surface area contributed by atoms with Gasteiger partial charge in [0.2, 0.25) is 0 Å². The molecule has 100 valence electrons. The van der Waals surface area contributed by atoms with E-state index < -0.39 is 0 Å². The first-order chi connectivity index (χ1) is 8.74. The van der Waals surface area contributed by atoms with Gasteiger partial charge in [-0.1, -0.05) is 6.92 Å². The highest BCUT2D eigenvalue weighted by molar-refractivity contribution is 5.45. The number of methoxy groups -OCH3 is 1. The number of rotatable bonds is 4. The summed E-state index contributed by atoms with van der Waals surface area (Å²) in [5.41, 5.74) is 8.14. The van der Waals surface area contributed by atoms with Crippen LogP contribution in [0.25, 0.3) is 0 Å². The van der Waals surface area contributed by atoms with E-state index in [-0.39, 0.29) is 6.04 Å². The molecule has 1 aromatic rings. The Balaban J connectivity index is 1.98. The molecular formula is C14H23N3O. The lowest BCUT2D eigenvalue weighted by molar-refractivity contribution is 0.0819. The van der Waals surface area contributed by atoms with Gasteiger partial charge in [0.05, 0.1) is 23.7 Å². The van der Waals surface area contributed by atoms with Crippen LogP contribution in [0.5, 0.6) is 0 Å². The summed E-state index contributed by atoms with van der Waals surface area (Å²) in [7, 11) is 1.79. The van der Waals surface area contributed by atoms with Gasteiger partial charge in [-0.15, -0.1) is 0 Å². The topological polar surface area (TPSA) is 51.4 Å². The summed E-state index contributed by atoms with van der Waals surface area (Å²) >= 11 is 0. The van der Waals surface area contributed by atoms with Gasteiger partial charge in [-0.2, -0.15) is 0 Å². The van der Waals surface area contributed by atoms with E-state index in [0.717, 1.165) is 38.0 Å². The predicted octanol–water partition coefficient (Wildman–Crippen LogP) is 2.11. The van der Waals surface area contributed by atoms with Crippen molar-refractivity contribution >= 4 is 5.69 Å². The zero-order chi connectivity index (χ0) is 13.0. The molecule has 2 rings (SSSR count). The molecule has 1 aliphatic rings. The minimum atomic E-state index is 0.0540. The Bertz CT molecular complexity index is 358. The molecule has 1 aromatic heterocycles. The molecule has 18 heavy (non-hydrogen) atoms. The van der Waals surface area contributed by atoms with Crippen molar-refractivity contribution in [2.75, 3.05) is 25.1 Å². The fourth-order valence-corrected chi connectivity index (χ4v) is 2.36. The van der Waals surface area contributed by atoms with Crippen LogP contribution < -0.4 is 10.6 Å². The number of hydrogen-bond donors (Lipinski definition) is 1. The first-order valence-electron chi connectivity index (χ1n) is 6.74. The molecular weight excluding hydrogens is 226 g/mol. The number of piperidine rings is 1. The number of pyridine rings is 1. The van der Waals surface area contributed by atoms with Crippen molar-refractivity contribution in [3.05, 3.63) is 24.0 Å². The number of anilines is 1. The van der Waals surface area contributed by atoms with Crippen LogP contribution in [-0.2, 0) is 4.74 Å². The third kappa shape index (κ3) is 3.00. The molecule has 2 heterocycles. The van der Waals surface area contributed by atoms with Crippen LogP contribution in [0.2, 0.25) is 0 Å². The molecule has 0 saturated carbocycles. The van der Waals surface area contributed by atoms with E-state index >= 15 is 0 Å². The van der Waals surface area contributed by atoms with Crippen LogP contribution in [0.4, 0.5) is 5.69 Å². The zero-order valence-corrected chi connectivity index (χ0v) is 11.3. The van der Waals surface area contributed by atoms with Crippen LogP contribution in [-0.4, -0.2) is 31.3 Å². The molecule has 1 fully saturated rings. The highest BCUT2D eigenvalue weighted by Crippen LogP contribution is 2.21. The Morgan fingerprint density at radius 2 is 2.17 bits per heavy atom. The molecule has 1 saturated heterocycles. The maximum atomic E-state index is 5.97. The van der Waals surface area contributed by atoms with E-state index in [2.05, 4.69) is 22.9 Å². The second-order valence-corrected chi connectivity index (χ2v) is 4.88. The molecule has 1 atom stereocenters. The van der Waals surface area contributed by atoms with Gasteiger partial charge in [0.1, 0.15) is 0 Å². The van der Waals surface area contributed by atoms with Gasteiger partial charge in [0.25, 0.3) is 0 Å². The average molecular weight is 249 g/mol. The van der Waals surface area contributed by atoms with Gasteiger partial charge in [-0.25, -0.2) is 0 Å². The van der Waals surface area contributed by atoms with Crippen LogP contribution in [0.15, 0.2) is 18.3 Å². The van der Waals surface area contributed by atoms with E-state index in [1.54, 1.807) is 7.11 Å². The quantitative estimate of drug-likeness (QED) is 0.888. The summed E-state index contributed by atoms with van der Waals surface area (Å²) < 4.78 is 5.38. The van der Waals surface area contributed by atoms with Crippen molar-refractivity contribution in [2.45, 2.75) is 38.3 Å². The fraction of sp³-hybridized carbons (Fsp3) is 0.643. The fourth-order valence-electron chi connectivity index (χ4n) is 2.36. The zero-order valence-electron chi connectivity index (χ0n) is 11.3. The van der Waals surface area contributed by atoms with Crippen molar-refractivity contribution in [3.63, 3.8) is 0 Å². The Labute approximate surface area is 109 Å². The van der Waals surface area contributed by atoms with Gasteiger partial charge in [-0.05, 0) is 31.4 Å². The van der Waals surface area contributed by atoms with Gasteiger partial charge in [0, 0.05) is 26.2 Å². The van der Waals surface area contributed by atoms with Crippen LogP contribution >= 0.6 is 0 Å². The summed E-state index contributed by atoms with van der Waals surface area (Å²) in [6.45, 7) is 4.16. The van der Waals surface area contributed by atoms with E-state index in [1.807, 2.05) is 12.3 Å². The van der Waals surface area contributed by atoms with E-state index in [9.17, 15) is 0 Å². The largest absolute Gasteiger partial charge is 0.381 e. The minimum absolute atomic E-state index is 0.0540. The van der Waals surface area contributed by atoms with Gasteiger partial charge in [-0.3, -0.25) is 4.98 Å². The molecule has 0 bridgehead atoms. The minimum Gasteiger partial charge on any atom is -0.381 e. The number of nitrogens with zero attached hydrogens (tertiary/aromatic N) is 2. The summed E-state index contributed by atoms with van der Waals surface area (Å²) in [6, 6.07) is 4.23. The Morgan fingerprint density at radius 3 is 2.67 bits per heavy atom. The summed E-state index contributed by atoms with van der Waals surface area (Å²) in [4.78, 5) is 6.83. The van der Waals surface area contributed by atoms with Gasteiger partial charge < -0.3 is 15.4 Å². The van der Waals surface area contributed by atoms with Crippen LogP contribution in [0.1, 0.15) is 37.9 Å². The summed E-state index contributed by atoms with van der Waals surface area (Å²) in [6.07, 6.45) is 5.46. The molecule has 4 heteroatoms. The van der Waals surface area contributed by atoms with Crippen LogP contribution in [0, 0.1) is 0 Å². The number of nitrogens with two attached hydrogens (primary N) is 1. The molecule has 0 radical (unpaired) electrons. The van der Waals surface area contributed by atoms with Crippen molar-refractivity contribution in [3.8, 4) is 0 Å². The lowest BCUT2D eigenvalue weighted by Crippen LogP contribution is -2.36. The standard InChI is InChI=1S/C14H23N3O/c1-3-13(15)14-5-4-11(10-16-14)17-8-6-12(18-2)7-9-17/h4-5,10,12-13H,3,6-9,15H2,1-2H3. The highest BCUT2D eigenvalue weighted by Gasteiger charge is 2.19. The highest BCUT2D eigenvalue weighted by atomic mass is 16.5. The smallest absolute Gasteiger partial charge is 0.0605 e. The molecule has 2 N–H and O–H groups in total. The lowest BCUT2D eigenvalue weighted by Gasteiger charge is -2.32. The predicted molar refractivity (Wildman–Crippen MR) is 73.7 cm³/mol. The first kappa shape index (κ1) is 13.3. The first-order valence-corrected chi connectivity index (χ1v) is 6.74. The van der Waals surface area contributed by atoms with Crippen molar-refractivity contribution in [2.24, 2.45) is 5.73 Å². The summed E-state index contributed by atoms with van der Waals surface area (Å²) in [5.74, 6) is 0. The lowest BCUT2D eigenvalue weighted by atomic mass is 10.1. The molecule has 0 amide bonds. The molecule has 0 aromatic carbocycles. The van der Waals surface area contributed by atoms with Gasteiger partial charge >= 0.3 is 0 Å². The number of hydrogen-bond acceptors (Lipinski definition) is 4. The third-order valence-corrected chi connectivity index (χ3v) is 3.73. The molecule has 0 spiro atoms. The number of ether oxygens (including phenoxy) is 1. The molecule has 4 nitrogen and oxygen atoms in total. The molecule has 1 aliphatic heterocycles. The third-order valence-electron chi connectivity index (χ3n) is 3.73. The van der Waals surface area contributed by atoms with Gasteiger partial charge in [0.15, 0.2) is 0 Å².